The van der Waals surface area contributed by atoms with Crippen LogP contribution in [-0.4, -0.2) is 22.3 Å². The third-order valence-electron chi connectivity index (χ3n) is 3.39. The van der Waals surface area contributed by atoms with E-state index in [1.807, 2.05) is 19.1 Å². The molecule has 100 valence electrons. The molecule has 0 fully saturated rings. The SMILES string of the molecule is CC1C(=O)c2cc(Cl)ccc2CN1C(C)(C)C.Cl. The Morgan fingerprint density at radius 2 is 1.94 bits per heavy atom. The zero-order valence-electron chi connectivity index (χ0n) is 11.2. The smallest absolute Gasteiger partial charge is 0.180 e. The molecule has 1 aliphatic heterocycles. The summed E-state index contributed by atoms with van der Waals surface area (Å²) in [5.74, 6) is 0.170. The number of fused-ring (bicyclic) bond motifs is 1. The van der Waals surface area contributed by atoms with Crippen molar-refractivity contribution in [1.29, 1.82) is 0 Å². The summed E-state index contributed by atoms with van der Waals surface area (Å²) < 4.78 is 0. The Morgan fingerprint density at radius 1 is 1.33 bits per heavy atom. The number of carbonyl (C=O) groups is 1. The van der Waals surface area contributed by atoms with Crippen molar-refractivity contribution in [1.82, 2.24) is 4.90 Å². The molecule has 18 heavy (non-hydrogen) atoms. The van der Waals surface area contributed by atoms with Gasteiger partial charge in [-0.2, -0.15) is 0 Å². The highest BCUT2D eigenvalue weighted by Gasteiger charge is 2.36. The molecule has 1 unspecified atom stereocenters. The van der Waals surface area contributed by atoms with Crippen LogP contribution in [0.4, 0.5) is 0 Å². The number of Topliss-reactive ketones (excluding diaryl/α,β-unsaturated/α-hetero) is 1. The molecule has 0 radical (unpaired) electrons. The maximum absolute atomic E-state index is 12.3. The van der Waals surface area contributed by atoms with Crippen LogP contribution in [0.1, 0.15) is 43.6 Å². The molecule has 1 heterocycles. The van der Waals surface area contributed by atoms with Crippen molar-refractivity contribution in [3.63, 3.8) is 0 Å². The molecule has 1 aromatic rings. The van der Waals surface area contributed by atoms with Gasteiger partial charge in [-0.25, -0.2) is 0 Å². The second kappa shape index (κ2) is 5.20. The van der Waals surface area contributed by atoms with Crippen molar-refractivity contribution in [3.05, 3.63) is 34.3 Å². The average molecular weight is 288 g/mol. The fourth-order valence-corrected chi connectivity index (χ4v) is 2.59. The first kappa shape index (κ1) is 15.5. The van der Waals surface area contributed by atoms with Gasteiger partial charge in [0.15, 0.2) is 5.78 Å². The van der Waals surface area contributed by atoms with Gasteiger partial charge in [-0.05, 0) is 45.4 Å². The van der Waals surface area contributed by atoms with E-state index in [1.165, 1.54) is 0 Å². The molecule has 1 aliphatic rings. The first-order valence-electron chi connectivity index (χ1n) is 5.90. The summed E-state index contributed by atoms with van der Waals surface area (Å²) in [7, 11) is 0. The molecule has 0 N–H and O–H groups in total. The van der Waals surface area contributed by atoms with Crippen LogP contribution in [0.2, 0.25) is 5.02 Å². The molecule has 2 rings (SSSR count). The molecule has 0 amide bonds. The number of ketones is 1. The van der Waals surface area contributed by atoms with E-state index < -0.39 is 0 Å². The number of hydrogen-bond donors (Lipinski definition) is 0. The predicted molar refractivity (Wildman–Crippen MR) is 77.8 cm³/mol. The fourth-order valence-electron chi connectivity index (χ4n) is 2.42. The van der Waals surface area contributed by atoms with Gasteiger partial charge in [0.2, 0.25) is 0 Å². The highest BCUT2D eigenvalue weighted by atomic mass is 35.5. The van der Waals surface area contributed by atoms with Gasteiger partial charge in [0.1, 0.15) is 0 Å². The van der Waals surface area contributed by atoms with Gasteiger partial charge in [0, 0.05) is 22.7 Å². The largest absolute Gasteiger partial charge is 0.292 e. The van der Waals surface area contributed by atoms with Crippen molar-refractivity contribution < 1.29 is 4.79 Å². The van der Waals surface area contributed by atoms with E-state index in [-0.39, 0.29) is 29.8 Å². The first-order chi connectivity index (χ1) is 7.80. The van der Waals surface area contributed by atoms with Crippen LogP contribution in [0.15, 0.2) is 18.2 Å². The van der Waals surface area contributed by atoms with Crippen LogP contribution in [-0.2, 0) is 6.54 Å². The molecule has 1 aromatic carbocycles. The third-order valence-corrected chi connectivity index (χ3v) is 3.62. The van der Waals surface area contributed by atoms with Crippen LogP contribution in [0.5, 0.6) is 0 Å². The van der Waals surface area contributed by atoms with E-state index in [4.69, 9.17) is 11.6 Å². The number of hydrogen-bond acceptors (Lipinski definition) is 2. The molecular formula is C14H19Cl2NO. The molecule has 0 aliphatic carbocycles. The summed E-state index contributed by atoms with van der Waals surface area (Å²) in [6, 6.07) is 5.52. The monoisotopic (exact) mass is 287 g/mol. The van der Waals surface area contributed by atoms with Crippen LogP contribution < -0.4 is 0 Å². The number of rotatable bonds is 0. The number of carbonyl (C=O) groups excluding carboxylic acids is 1. The van der Waals surface area contributed by atoms with Gasteiger partial charge in [0.25, 0.3) is 0 Å². The quantitative estimate of drug-likeness (QED) is 0.720. The summed E-state index contributed by atoms with van der Waals surface area (Å²) in [5.41, 5.74) is 1.85. The standard InChI is InChI=1S/C14H18ClNO.ClH/c1-9-13(17)12-7-11(15)6-5-10(12)8-16(9)14(2,3)4;/h5-7,9H,8H2,1-4H3;1H. The van der Waals surface area contributed by atoms with Crippen molar-refractivity contribution in [3.8, 4) is 0 Å². The van der Waals surface area contributed by atoms with Gasteiger partial charge in [0.05, 0.1) is 6.04 Å². The Balaban J connectivity index is 0.00000162. The zero-order chi connectivity index (χ0) is 12.8. The fraction of sp³-hybridized carbons (Fsp3) is 0.500. The van der Waals surface area contributed by atoms with Crippen LogP contribution in [0.3, 0.4) is 0 Å². The van der Waals surface area contributed by atoms with Crippen molar-refractivity contribution in [2.24, 2.45) is 0 Å². The maximum atomic E-state index is 12.3. The van der Waals surface area contributed by atoms with E-state index in [1.54, 1.807) is 6.07 Å². The Hall–Kier alpha value is -0.570. The highest BCUT2D eigenvalue weighted by Crippen LogP contribution is 2.30. The van der Waals surface area contributed by atoms with Crippen molar-refractivity contribution in [2.75, 3.05) is 0 Å². The normalized spacial score (nSPS) is 20.3. The first-order valence-corrected chi connectivity index (χ1v) is 6.28. The highest BCUT2D eigenvalue weighted by molar-refractivity contribution is 6.31. The summed E-state index contributed by atoms with van der Waals surface area (Å²) in [6.07, 6.45) is 0. The molecule has 0 saturated carbocycles. The molecule has 0 bridgehead atoms. The lowest BCUT2D eigenvalue weighted by Crippen LogP contribution is -2.52. The Kier molecular flexibility index (Phi) is 4.47. The number of nitrogens with zero attached hydrogens (tertiary/aromatic N) is 1. The summed E-state index contributed by atoms with van der Waals surface area (Å²) in [5, 5.41) is 0.633. The lowest BCUT2D eigenvalue weighted by molar-refractivity contribution is 0.0521. The molecule has 0 saturated heterocycles. The van der Waals surface area contributed by atoms with E-state index in [2.05, 4.69) is 25.7 Å². The van der Waals surface area contributed by atoms with Gasteiger partial charge in [-0.1, -0.05) is 17.7 Å². The Morgan fingerprint density at radius 3 is 2.50 bits per heavy atom. The van der Waals surface area contributed by atoms with Gasteiger partial charge < -0.3 is 0 Å². The molecule has 4 heteroatoms. The van der Waals surface area contributed by atoms with E-state index in [9.17, 15) is 4.79 Å². The lowest BCUT2D eigenvalue weighted by atomic mass is 9.89. The number of benzene rings is 1. The van der Waals surface area contributed by atoms with Gasteiger partial charge in [-0.15, -0.1) is 12.4 Å². The second-order valence-corrected chi connectivity index (χ2v) is 6.08. The maximum Gasteiger partial charge on any atom is 0.180 e. The molecular weight excluding hydrogens is 269 g/mol. The molecule has 0 aromatic heterocycles. The van der Waals surface area contributed by atoms with Crippen molar-refractivity contribution in [2.45, 2.75) is 45.8 Å². The average Bonchev–Trinajstić information content (AvgIpc) is 2.22. The summed E-state index contributed by atoms with van der Waals surface area (Å²) >= 11 is 5.95. The summed E-state index contributed by atoms with van der Waals surface area (Å²) in [4.78, 5) is 14.6. The van der Waals surface area contributed by atoms with Crippen LogP contribution in [0, 0.1) is 0 Å². The lowest BCUT2D eigenvalue weighted by Gasteiger charge is -2.42. The predicted octanol–water partition coefficient (Wildman–Crippen LogP) is 3.95. The van der Waals surface area contributed by atoms with E-state index >= 15 is 0 Å². The van der Waals surface area contributed by atoms with E-state index in [0.717, 1.165) is 17.7 Å². The molecule has 0 spiro atoms. The molecule has 2 nitrogen and oxygen atoms in total. The molecule has 1 atom stereocenters. The van der Waals surface area contributed by atoms with Gasteiger partial charge >= 0.3 is 0 Å². The second-order valence-electron chi connectivity index (χ2n) is 5.64. The van der Waals surface area contributed by atoms with E-state index in [0.29, 0.717) is 5.02 Å². The minimum Gasteiger partial charge on any atom is -0.292 e. The summed E-state index contributed by atoms with van der Waals surface area (Å²) in [6.45, 7) is 9.19. The minimum atomic E-state index is -0.0824. The number of halogens is 2. The van der Waals surface area contributed by atoms with Crippen LogP contribution in [0.25, 0.3) is 0 Å². The topological polar surface area (TPSA) is 20.3 Å². The van der Waals surface area contributed by atoms with Crippen molar-refractivity contribution >= 4 is 29.8 Å². The zero-order valence-corrected chi connectivity index (χ0v) is 12.7. The van der Waals surface area contributed by atoms with Crippen LogP contribution >= 0.6 is 24.0 Å². The third kappa shape index (κ3) is 2.71. The van der Waals surface area contributed by atoms with Gasteiger partial charge in [-0.3, -0.25) is 9.69 Å². The Labute approximate surface area is 120 Å². The minimum absolute atomic E-state index is 0. The Bertz CT molecular complexity index is 465.